The molecule has 0 radical (unpaired) electrons. The van der Waals surface area contributed by atoms with E-state index in [1.54, 1.807) is 23.1 Å². The summed E-state index contributed by atoms with van der Waals surface area (Å²) in [6.45, 7) is 7.31. The van der Waals surface area contributed by atoms with Gasteiger partial charge >= 0.3 is 12.1 Å². The molecule has 0 saturated carbocycles. The highest BCUT2D eigenvalue weighted by molar-refractivity contribution is 6.11. The van der Waals surface area contributed by atoms with Crippen molar-refractivity contribution >= 4 is 23.6 Å². The van der Waals surface area contributed by atoms with Gasteiger partial charge in [-0.05, 0) is 51.0 Å². The molecule has 3 rings (SSSR count). The molecule has 1 amide bonds. The first-order chi connectivity index (χ1) is 12.8. The van der Waals surface area contributed by atoms with Crippen LogP contribution in [-0.4, -0.2) is 55.1 Å². The Balaban J connectivity index is 1.71. The van der Waals surface area contributed by atoms with Gasteiger partial charge in [0.25, 0.3) is 0 Å². The second-order valence-electron chi connectivity index (χ2n) is 7.60. The Morgan fingerprint density at radius 3 is 2.74 bits per heavy atom. The number of nitrogens with one attached hydrogen (secondary N) is 1. The molecule has 0 aromatic heterocycles. The van der Waals surface area contributed by atoms with Gasteiger partial charge in [0.15, 0.2) is 0 Å². The van der Waals surface area contributed by atoms with Crippen LogP contribution in [-0.2, 0) is 9.47 Å². The first kappa shape index (κ1) is 18.9. The molecule has 2 aliphatic heterocycles. The van der Waals surface area contributed by atoms with Crippen LogP contribution in [0.4, 0.5) is 10.5 Å². The van der Waals surface area contributed by atoms with Gasteiger partial charge in [-0.1, -0.05) is 6.07 Å². The van der Waals surface area contributed by atoms with E-state index in [4.69, 9.17) is 9.47 Å². The summed E-state index contributed by atoms with van der Waals surface area (Å²) in [5.41, 5.74) is 2.95. The molecule has 144 valence electrons. The Morgan fingerprint density at radius 1 is 1.26 bits per heavy atom. The lowest BCUT2D eigenvalue weighted by Gasteiger charge is -2.31. The van der Waals surface area contributed by atoms with Crippen LogP contribution >= 0.6 is 0 Å². The van der Waals surface area contributed by atoms with Crippen molar-refractivity contribution in [3.05, 3.63) is 41.0 Å². The fraction of sp³-hybridized carbons (Fsp3) is 0.450. The van der Waals surface area contributed by atoms with Crippen LogP contribution in [0.2, 0.25) is 0 Å². The van der Waals surface area contributed by atoms with E-state index in [0.29, 0.717) is 25.2 Å². The summed E-state index contributed by atoms with van der Waals surface area (Å²) in [6, 6.07) is 7.07. The highest BCUT2D eigenvalue weighted by Crippen LogP contribution is 2.26. The second kappa shape index (κ2) is 7.42. The minimum absolute atomic E-state index is 0.312. The number of nitrogens with zero attached hydrogens (tertiary/aromatic N) is 2. The molecule has 0 saturated heterocycles. The summed E-state index contributed by atoms with van der Waals surface area (Å²) in [5.74, 6) is 0.348. The van der Waals surface area contributed by atoms with Crippen LogP contribution < -0.4 is 5.32 Å². The van der Waals surface area contributed by atoms with Crippen LogP contribution in [0, 0.1) is 0 Å². The molecular weight excluding hydrogens is 346 g/mol. The number of esters is 1. The van der Waals surface area contributed by atoms with Crippen molar-refractivity contribution in [1.82, 2.24) is 4.90 Å². The van der Waals surface area contributed by atoms with Crippen LogP contribution in [0.5, 0.6) is 0 Å². The summed E-state index contributed by atoms with van der Waals surface area (Å²) < 4.78 is 10.2. The van der Waals surface area contributed by atoms with E-state index in [9.17, 15) is 9.59 Å². The number of hydrogen-bond acceptors (Lipinski definition) is 6. The number of methoxy groups -OCH3 is 1. The number of carbonyl (C=O) groups is 2. The zero-order chi connectivity index (χ0) is 19.6. The van der Waals surface area contributed by atoms with Crippen molar-refractivity contribution < 1.29 is 19.1 Å². The zero-order valence-corrected chi connectivity index (χ0v) is 16.2. The van der Waals surface area contributed by atoms with Crippen molar-refractivity contribution in [2.45, 2.75) is 32.8 Å². The van der Waals surface area contributed by atoms with Crippen LogP contribution in [0.1, 0.15) is 37.6 Å². The van der Waals surface area contributed by atoms with Crippen molar-refractivity contribution in [3.8, 4) is 0 Å². The number of carbonyl (C=O) groups excluding carboxylic acids is 2. The summed E-state index contributed by atoms with van der Waals surface area (Å²) in [7, 11) is 1.36. The minimum Gasteiger partial charge on any atom is -0.465 e. The van der Waals surface area contributed by atoms with Gasteiger partial charge in [0.1, 0.15) is 11.4 Å². The fourth-order valence-electron chi connectivity index (χ4n) is 3.07. The first-order valence-electron chi connectivity index (χ1n) is 8.96. The normalized spacial score (nSPS) is 16.6. The van der Waals surface area contributed by atoms with Crippen molar-refractivity contribution in [1.29, 1.82) is 0 Å². The summed E-state index contributed by atoms with van der Waals surface area (Å²) >= 11 is 0. The highest BCUT2D eigenvalue weighted by Gasteiger charge is 2.31. The molecule has 7 nitrogen and oxygen atoms in total. The first-order valence-corrected chi connectivity index (χ1v) is 8.96. The van der Waals surface area contributed by atoms with Gasteiger partial charge in [0.2, 0.25) is 0 Å². The number of benzene rings is 1. The van der Waals surface area contributed by atoms with E-state index in [2.05, 4.69) is 10.3 Å². The molecule has 0 fully saturated rings. The van der Waals surface area contributed by atoms with Crippen molar-refractivity contribution in [3.63, 3.8) is 0 Å². The Labute approximate surface area is 159 Å². The van der Waals surface area contributed by atoms with E-state index in [1.165, 1.54) is 12.7 Å². The van der Waals surface area contributed by atoms with Gasteiger partial charge in [0, 0.05) is 17.8 Å². The number of rotatable bonds is 2. The van der Waals surface area contributed by atoms with Crippen LogP contribution in [0.25, 0.3) is 0 Å². The fourth-order valence-corrected chi connectivity index (χ4v) is 3.07. The molecule has 0 unspecified atom stereocenters. The zero-order valence-electron chi connectivity index (χ0n) is 16.2. The monoisotopic (exact) mass is 371 g/mol. The molecule has 7 heteroatoms. The lowest BCUT2D eigenvalue weighted by Crippen LogP contribution is -2.42. The van der Waals surface area contributed by atoms with Crippen LogP contribution in [0.3, 0.4) is 0 Å². The van der Waals surface area contributed by atoms with E-state index in [0.717, 1.165) is 23.5 Å². The average Bonchev–Trinajstić information content (AvgIpc) is 3.02. The maximum absolute atomic E-state index is 12.4. The Morgan fingerprint density at radius 2 is 2.04 bits per heavy atom. The molecule has 2 aliphatic rings. The summed E-state index contributed by atoms with van der Waals surface area (Å²) in [5, 5.41) is 3.27. The number of aliphatic imine (C=N–C) groups is 1. The predicted octanol–water partition coefficient (Wildman–Crippen LogP) is 3.23. The number of ether oxygens (including phenoxy) is 2. The number of anilines is 1. The Kier molecular flexibility index (Phi) is 5.21. The van der Waals surface area contributed by atoms with Gasteiger partial charge in [-0.2, -0.15) is 0 Å². The standard InChI is InChI=1S/C20H25N3O4/c1-20(2,3)27-19(25)23-9-8-14-11-21-17(16(14)12-23)22-15-7-5-6-13(10-15)18(24)26-4/h5-7,10H,8-9,11-12H2,1-4H3,(H,21,22). The van der Waals surface area contributed by atoms with E-state index < -0.39 is 5.60 Å². The topological polar surface area (TPSA) is 80.2 Å². The SMILES string of the molecule is COC(=O)c1cccc(NC2=NCC3=C2CN(C(=O)OC(C)(C)C)CC3)c1. The average molecular weight is 371 g/mol. The summed E-state index contributed by atoms with van der Waals surface area (Å²) in [6.07, 6.45) is 0.471. The number of amidine groups is 1. The van der Waals surface area contributed by atoms with Gasteiger partial charge in [-0.3, -0.25) is 4.99 Å². The molecule has 0 aliphatic carbocycles. The molecule has 1 aromatic carbocycles. The van der Waals surface area contributed by atoms with Gasteiger partial charge in [0.05, 0.1) is 25.8 Å². The number of amides is 1. The molecular formula is C20H25N3O4. The second-order valence-corrected chi connectivity index (χ2v) is 7.60. The molecule has 0 spiro atoms. The lowest BCUT2D eigenvalue weighted by atomic mass is 10.0. The molecule has 0 bridgehead atoms. The smallest absolute Gasteiger partial charge is 0.410 e. The molecule has 27 heavy (non-hydrogen) atoms. The maximum Gasteiger partial charge on any atom is 0.410 e. The van der Waals surface area contributed by atoms with E-state index in [-0.39, 0.29) is 12.1 Å². The third kappa shape index (κ3) is 4.48. The van der Waals surface area contributed by atoms with Gasteiger partial charge in [-0.25, -0.2) is 9.59 Å². The molecule has 2 heterocycles. The molecule has 1 aromatic rings. The third-order valence-corrected chi connectivity index (χ3v) is 4.37. The Hall–Kier alpha value is -2.83. The minimum atomic E-state index is -0.523. The molecule has 1 N–H and O–H groups in total. The summed E-state index contributed by atoms with van der Waals surface area (Å²) in [4.78, 5) is 30.4. The predicted molar refractivity (Wildman–Crippen MR) is 103 cm³/mol. The van der Waals surface area contributed by atoms with E-state index >= 15 is 0 Å². The third-order valence-electron chi connectivity index (χ3n) is 4.37. The molecule has 0 atom stereocenters. The number of hydrogen-bond donors (Lipinski definition) is 1. The van der Waals surface area contributed by atoms with Gasteiger partial charge in [-0.15, -0.1) is 0 Å². The van der Waals surface area contributed by atoms with E-state index in [1.807, 2.05) is 26.8 Å². The Bertz CT molecular complexity index is 821. The largest absolute Gasteiger partial charge is 0.465 e. The maximum atomic E-state index is 12.4. The quantitative estimate of drug-likeness (QED) is 0.808. The van der Waals surface area contributed by atoms with Crippen LogP contribution in [0.15, 0.2) is 40.4 Å². The lowest BCUT2D eigenvalue weighted by molar-refractivity contribution is 0.0263. The van der Waals surface area contributed by atoms with Crippen molar-refractivity contribution in [2.24, 2.45) is 4.99 Å². The highest BCUT2D eigenvalue weighted by atomic mass is 16.6. The van der Waals surface area contributed by atoms with Gasteiger partial charge < -0.3 is 19.7 Å². The van der Waals surface area contributed by atoms with Crippen molar-refractivity contribution in [2.75, 3.05) is 32.1 Å².